The van der Waals surface area contributed by atoms with Gasteiger partial charge in [-0.25, -0.2) is 4.98 Å². The van der Waals surface area contributed by atoms with Crippen molar-refractivity contribution in [2.24, 2.45) is 0 Å². The number of amides is 1. The van der Waals surface area contributed by atoms with E-state index in [9.17, 15) is 4.79 Å². The molecule has 0 unspecified atom stereocenters. The van der Waals surface area contributed by atoms with E-state index in [4.69, 9.17) is 9.47 Å². The molecule has 1 aromatic heterocycles. The van der Waals surface area contributed by atoms with Crippen LogP contribution in [0.25, 0.3) is 22.0 Å². The number of nitrogens with one attached hydrogen (secondary N) is 1. The van der Waals surface area contributed by atoms with Crippen molar-refractivity contribution in [2.45, 2.75) is 6.54 Å². The molecule has 1 aliphatic heterocycles. The molecule has 3 aromatic rings. The first-order valence-corrected chi connectivity index (χ1v) is 7.64. The number of nitrogens with zero attached hydrogens (tertiary/aromatic N) is 1. The van der Waals surface area contributed by atoms with Gasteiger partial charge in [0.1, 0.15) is 17.2 Å². The number of carbonyl (C=O) groups is 1. The number of hydrogen-bond acceptors (Lipinski definition) is 4. The Hall–Kier alpha value is -3.08. The van der Waals surface area contributed by atoms with Crippen LogP contribution in [0.1, 0.15) is 16.1 Å². The number of methoxy groups -OCH3 is 2. The topological polar surface area (TPSA) is 60.5 Å². The van der Waals surface area contributed by atoms with Crippen molar-refractivity contribution in [2.75, 3.05) is 14.2 Å². The molecule has 0 atom stereocenters. The van der Waals surface area contributed by atoms with Gasteiger partial charge in [0, 0.05) is 17.5 Å². The van der Waals surface area contributed by atoms with E-state index in [1.165, 1.54) is 0 Å². The molecule has 5 nitrogen and oxygen atoms in total. The van der Waals surface area contributed by atoms with Crippen molar-refractivity contribution in [3.05, 3.63) is 53.7 Å². The quantitative estimate of drug-likeness (QED) is 0.805. The van der Waals surface area contributed by atoms with E-state index in [0.29, 0.717) is 12.2 Å². The normalized spacial score (nSPS) is 12.8. The molecular formula is C19H16N2O3. The van der Waals surface area contributed by atoms with E-state index < -0.39 is 0 Å². The summed E-state index contributed by atoms with van der Waals surface area (Å²) < 4.78 is 10.6. The van der Waals surface area contributed by atoms with Crippen LogP contribution >= 0.6 is 0 Å². The molecule has 0 saturated heterocycles. The summed E-state index contributed by atoms with van der Waals surface area (Å²) in [7, 11) is 3.28. The van der Waals surface area contributed by atoms with Gasteiger partial charge in [-0.15, -0.1) is 0 Å². The number of carbonyl (C=O) groups excluding carboxylic acids is 1. The Morgan fingerprint density at radius 1 is 1.00 bits per heavy atom. The molecule has 0 saturated carbocycles. The highest BCUT2D eigenvalue weighted by Crippen LogP contribution is 2.37. The molecule has 1 aliphatic rings. The lowest BCUT2D eigenvalue weighted by Crippen LogP contribution is -2.13. The zero-order valence-corrected chi connectivity index (χ0v) is 13.4. The minimum absolute atomic E-state index is 0.127. The fourth-order valence-corrected chi connectivity index (χ4v) is 3.11. The zero-order valence-electron chi connectivity index (χ0n) is 13.4. The average Bonchev–Trinajstić information content (AvgIpc) is 3.00. The number of benzene rings is 2. The van der Waals surface area contributed by atoms with Crippen molar-refractivity contribution >= 4 is 16.8 Å². The Bertz CT molecular complexity index is 949. The molecule has 0 fully saturated rings. The van der Waals surface area contributed by atoms with E-state index in [1.807, 2.05) is 42.5 Å². The van der Waals surface area contributed by atoms with E-state index in [-0.39, 0.29) is 5.91 Å². The van der Waals surface area contributed by atoms with E-state index >= 15 is 0 Å². The van der Waals surface area contributed by atoms with Gasteiger partial charge in [-0.1, -0.05) is 12.1 Å². The third kappa shape index (κ3) is 2.17. The zero-order chi connectivity index (χ0) is 16.7. The largest absolute Gasteiger partial charge is 0.497 e. The van der Waals surface area contributed by atoms with Gasteiger partial charge in [0.2, 0.25) is 0 Å². The molecular weight excluding hydrogens is 304 g/mol. The number of hydrogen-bond donors (Lipinski definition) is 1. The Labute approximate surface area is 139 Å². The smallest absolute Gasteiger partial charge is 0.270 e. The van der Waals surface area contributed by atoms with Crippen molar-refractivity contribution in [3.63, 3.8) is 0 Å². The predicted octanol–water partition coefficient (Wildman–Crippen LogP) is 3.16. The molecule has 1 N–H and O–H groups in total. The molecule has 2 aromatic carbocycles. The Morgan fingerprint density at radius 3 is 2.42 bits per heavy atom. The molecule has 0 bridgehead atoms. The number of aromatic nitrogens is 1. The van der Waals surface area contributed by atoms with Crippen LogP contribution in [0.3, 0.4) is 0 Å². The van der Waals surface area contributed by atoms with Gasteiger partial charge in [-0.05, 0) is 41.5 Å². The van der Waals surface area contributed by atoms with Crippen molar-refractivity contribution in [1.82, 2.24) is 10.3 Å². The Balaban J connectivity index is 2.04. The second-order valence-electron chi connectivity index (χ2n) is 5.61. The molecule has 0 spiro atoms. The van der Waals surface area contributed by atoms with Gasteiger partial charge in [0.15, 0.2) is 0 Å². The third-order valence-electron chi connectivity index (χ3n) is 4.31. The number of rotatable bonds is 3. The van der Waals surface area contributed by atoms with Crippen LogP contribution in [0.4, 0.5) is 0 Å². The SMILES string of the molecule is COc1ccc(-c2c3c(nc4ccc(OC)cc24)C(=O)NC3)cc1. The van der Waals surface area contributed by atoms with Crippen LogP contribution in [-0.2, 0) is 6.54 Å². The van der Waals surface area contributed by atoms with E-state index in [0.717, 1.165) is 39.1 Å². The third-order valence-corrected chi connectivity index (χ3v) is 4.31. The summed E-state index contributed by atoms with van der Waals surface area (Å²) in [6.07, 6.45) is 0. The van der Waals surface area contributed by atoms with Crippen molar-refractivity contribution < 1.29 is 14.3 Å². The van der Waals surface area contributed by atoms with Crippen LogP contribution in [-0.4, -0.2) is 25.1 Å². The highest BCUT2D eigenvalue weighted by molar-refractivity contribution is 6.06. The second-order valence-corrected chi connectivity index (χ2v) is 5.61. The lowest BCUT2D eigenvalue weighted by atomic mass is 9.95. The number of pyridine rings is 1. The maximum absolute atomic E-state index is 12.1. The lowest BCUT2D eigenvalue weighted by Gasteiger charge is -2.13. The summed E-state index contributed by atoms with van der Waals surface area (Å²) >= 11 is 0. The Kier molecular flexibility index (Phi) is 3.34. The average molecular weight is 320 g/mol. The van der Waals surface area contributed by atoms with Crippen LogP contribution in [0.15, 0.2) is 42.5 Å². The van der Waals surface area contributed by atoms with Gasteiger partial charge in [0.05, 0.1) is 19.7 Å². The monoisotopic (exact) mass is 320 g/mol. The lowest BCUT2D eigenvalue weighted by molar-refractivity contribution is 0.0962. The van der Waals surface area contributed by atoms with Gasteiger partial charge < -0.3 is 14.8 Å². The highest BCUT2D eigenvalue weighted by atomic mass is 16.5. The summed E-state index contributed by atoms with van der Waals surface area (Å²) in [4.78, 5) is 16.6. The van der Waals surface area contributed by atoms with Crippen molar-refractivity contribution in [3.8, 4) is 22.6 Å². The molecule has 24 heavy (non-hydrogen) atoms. The van der Waals surface area contributed by atoms with Crippen LogP contribution in [0.2, 0.25) is 0 Å². The standard InChI is InChI=1S/C19H16N2O3/c1-23-12-5-3-11(4-6-12)17-14-9-13(24-2)7-8-16(14)21-18-15(17)10-20-19(18)22/h3-9H,10H2,1-2H3,(H,20,22). The minimum atomic E-state index is -0.127. The first-order chi connectivity index (χ1) is 11.7. The van der Waals surface area contributed by atoms with Crippen LogP contribution in [0.5, 0.6) is 11.5 Å². The molecule has 2 heterocycles. The highest BCUT2D eigenvalue weighted by Gasteiger charge is 2.26. The fraction of sp³-hybridized carbons (Fsp3) is 0.158. The van der Waals surface area contributed by atoms with Crippen LogP contribution in [0, 0.1) is 0 Å². The summed E-state index contributed by atoms with van der Waals surface area (Å²) in [5.74, 6) is 1.43. The van der Waals surface area contributed by atoms with Crippen molar-refractivity contribution in [1.29, 1.82) is 0 Å². The van der Waals surface area contributed by atoms with E-state index in [1.54, 1.807) is 14.2 Å². The fourth-order valence-electron chi connectivity index (χ4n) is 3.11. The van der Waals surface area contributed by atoms with E-state index in [2.05, 4.69) is 10.3 Å². The Morgan fingerprint density at radius 2 is 1.71 bits per heavy atom. The van der Waals surface area contributed by atoms with Crippen LogP contribution < -0.4 is 14.8 Å². The van der Waals surface area contributed by atoms with Gasteiger partial charge in [0.25, 0.3) is 5.91 Å². The molecule has 5 heteroatoms. The predicted molar refractivity (Wildman–Crippen MR) is 91.5 cm³/mol. The summed E-state index contributed by atoms with van der Waals surface area (Å²) in [6.45, 7) is 0.482. The first kappa shape index (κ1) is 14.5. The van der Waals surface area contributed by atoms with Gasteiger partial charge >= 0.3 is 0 Å². The summed E-state index contributed by atoms with van der Waals surface area (Å²) in [6, 6.07) is 13.5. The minimum Gasteiger partial charge on any atom is -0.497 e. The van der Waals surface area contributed by atoms with Gasteiger partial charge in [-0.3, -0.25) is 4.79 Å². The molecule has 120 valence electrons. The maximum Gasteiger partial charge on any atom is 0.270 e. The molecule has 1 amide bonds. The summed E-state index contributed by atoms with van der Waals surface area (Å²) in [5.41, 5.74) is 4.22. The second kappa shape index (κ2) is 5.53. The van der Waals surface area contributed by atoms with Gasteiger partial charge in [-0.2, -0.15) is 0 Å². The molecule has 0 aliphatic carbocycles. The number of ether oxygens (including phenoxy) is 2. The molecule has 4 rings (SSSR count). The molecule has 0 radical (unpaired) electrons. The summed E-state index contributed by atoms with van der Waals surface area (Å²) in [5, 5.41) is 3.83. The maximum atomic E-state index is 12.1. The number of fused-ring (bicyclic) bond motifs is 2. The first-order valence-electron chi connectivity index (χ1n) is 7.64.